The second kappa shape index (κ2) is 6.67. The second-order valence-electron chi connectivity index (χ2n) is 7.28. The maximum absolute atomic E-state index is 12.1. The quantitative estimate of drug-likeness (QED) is 0.746. The molecule has 2 rings (SSSR count). The number of carboxylic acid groups (broad SMARTS) is 1. The second-order valence-corrected chi connectivity index (χ2v) is 7.28. The van der Waals surface area contributed by atoms with Crippen molar-refractivity contribution in [3.8, 4) is 0 Å². The van der Waals surface area contributed by atoms with Crippen LogP contribution >= 0.6 is 0 Å². The number of rotatable bonds is 4. The van der Waals surface area contributed by atoms with Gasteiger partial charge in [0.25, 0.3) is 0 Å². The summed E-state index contributed by atoms with van der Waals surface area (Å²) in [6.45, 7) is 4.87. The molecule has 0 aromatic carbocycles. The third-order valence-electron chi connectivity index (χ3n) is 5.31. The zero-order chi connectivity index (χ0) is 15.5. The highest BCUT2D eigenvalue weighted by atomic mass is 16.4. The van der Waals surface area contributed by atoms with Crippen LogP contribution in [0.2, 0.25) is 0 Å². The Kier molecular flexibility index (Phi) is 5.12. The van der Waals surface area contributed by atoms with Crippen LogP contribution in [0.4, 0.5) is 4.79 Å². The van der Waals surface area contributed by atoms with E-state index in [1.807, 2.05) is 0 Å². The molecule has 3 N–H and O–H groups in total. The van der Waals surface area contributed by atoms with Gasteiger partial charge in [0, 0.05) is 12.6 Å². The molecule has 21 heavy (non-hydrogen) atoms. The highest BCUT2D eigenvalue weighted by molar-refractivity contribution is 5.74. The van der Waals surface area contributed by atoms with Gasteiger partial charge in [0.05, 0.1) is 5.92 Å². The van der Waals surface area contributed by atoms with Crippen molar-refractivity contribution in [2.45, 2.75) is 64.8 Å². The molecule has 3 unspecified atom stereocenters. The molecule has 2 amide bonds. The van der Waals surface area contributed by atoms with Crippen LogP contribution in [0, 0.1) is 17.3 Å². The molecule has 2 saturated carbocycles. The normalized spacial score (nSPS) is 31.6. The molecule has 2 aliphatic rings. The molecule has 0 saturated heterocycles. The van der Waals surface area contributed by atoms with E-state index < -0.39 is 5.97 Å². The van der Waals surface area contributed by atoms with Crippen LogP contribution in [-0.2, 0) is 4.79 Å². The number of nitrogens with one attached hydrogen (secondary N) is 2. The van der Waals surface area contributed by atoms with E-state index in [0.717, 1.165) is 38.5 Å². The van der Waals surface area contributed by atoms with E-state index >= 15 is 0 Å². The van der Waals surface area contributed by atoms with Crippen molar-refractivity contribution in [1.82, 2.24) is 10.6 Å². The molecule has 2 fully saturated rings. The summed E-state index contributed by atoms with van der Waals surface area (Å²) >= 11 is 0. The number of carboxylic acids is 1. The molecule has 0 aromatic rings. The van der Waals surface area contributed by atoms with Gasteiger partial charge in [-0.1, -0.05) is 33.1 Å². The molecule has 0 bridgehead atoms. The summed E-state index contributed by atoms with van der Waals surface area (Å²) in [5.41, 5.74) is 0.145. The zero-order valence-electron chi connectivity index (χ0n) is 13.2. The topological polar surface area (TPSA) is 78.4 Å². The van der Waals surface area contributed by atoms with Crippen molar-refractivity contribution in [1.29, 1.82) is 0 Å². The average Bonchev–Trinajstić information content (AvgIpc) is 2.87. The summed E-state index contributed by atoms with van der Waals surface area (Å²) in [4.78, 5) is 23.2. The first-order valence-corrected chi connectivity index (χ1v) is 8.17. The lowest BCUT2D eigenvalue weighted by atomic mass is 9.73. The van der Waals surface area contributed by atoms with Crippen molar-refractivity contribution in [2.24, 2.45) is 17.3 Å². The maximum atomic E-state index is 12.1. The fourth-order valence-electron chi connectivity index (χ4n) is 3.80. The highest BCUT2D eigenvalue weighted by Crippen LogP contribution is 2.35. The van der Waals surface area contributed by atoms with Gasteiger partial charge in [-0.2, -0.15) is 0 Å². The summed E-state index contributed by atoms with van der Waals surface area (Å²) in [6.07, 6.45) is 7.14. The number of amides is 2. The van der Waals surface area contributed by atoms with E-state index in [2.05, 4.69) is 24.5 Å². The largest absolute Gasteiger partial charge is 0.481 e. The monoisotopic (exact) mass is 296 g/mol. The third kappa shape index (κ3) is 4.11. The lowest BCUT2D eigenvalue weighted by Gasteiger charge is -2.39. The molecule has 0 radical (unpaired) electrons. The van der Waals surface area contributed by atoms with Gasteiger partial charge in [0.2, 0.25) is 0 Å². The van der Waals surface area contributed by atoms with Crippen molar-refractivity contribution < 1.29 is 14.7 Å². The number of aliphatic carboxylic acids is 1. The Bertz CT molecular complexity index is 395. The summed E-state index contributed by atoms with van der Waals surface area (Å²) in [5, 5.41) is 15.1. The molecule has 0 aliphatic heterocycles. The predicted molar refractivity (Wildman–Crippen MR) is 81.0 cm³/mol. The van der Waals surface area contributed by atoms with Gasteiger partial charge < -0.3 is 15.7 Å². The lowest BCUT2D eigenvalue weighted by molar-refractivity contribution is -0.142. The SMILES string of the molecule is CC1(C)CCCCC1NC(=O)NCC1CCCC1C(=O)O. The molecule has 2 aliphatic carbocycles. The van der Waals surface area contributed by atoms with Crippen LogP contribution in [-0.4, -0.2) is 29.7 Å². The Morgan fingerprint density at radius 3 is 2.57 bits per heavy atom. The molecule has 0 aromatic heterocycles. The lowest BCUT2D eigenvalue weighted by Crippen LogP contribution is -2.51. The molecule has 0 heterocycles. The summed E-state index contributed by atoms with van der Waals surface area (Å²) in [5.74, 6) is -0.947. The Balaban J connectivity index is 1.78. The minimum absolute atomic E-state index is 0.0765. The van der Waals surface area contributed by atoms with Crippen LogP contribution < -0.4 is 10.6 Å². The van der Waals surface area contributed by atoms with Gasteiger partial charge in [0.15, 0.2) is 0 Å². The fourth-order valence-corrected chi connectivity index (χ4v) is 3.80. The summed E-state index contributed by atoms with van der Waals surface area (Å²) < 4.78 is 0. The Morgan fingerprint density at radius 1 is 1.14 bits per heavy atom. The van der Waals surface area contributed by atoms with Crippen LogP contribution in [0.25, 0.3) is 0 Å². The van der Waals surface area contributed by atoms with Gasteiger partial charge in [0.1, 0.15) is 0 Å². The number of carbonyl (C=O) groups is 2. The van der Waals surface area contributed by atoms with E-state index in [1.165, 1.54) is 6.42 Å². The molecular formula is C16H28N2O3. The van der Waals surface area contributed by atoms with Crippen molar-refractivity contribution in [3.05, 3.63) is 0 Å². The zero-order valence-corrected chi connectivity index (χ0v) is 13.2. The number of hydrogen-bond acceptors (Lipinski definition) is 2. The van der Waals surface area contributed by atoms with E-state index in [0.29, 0.717) is 6.54 Å². The van der Waals surface area contributed by atoms with Gasteiger partial charge >= 0.3 is 12.0 Å². The van der Waals surface area contributed by atoms with E-state index in [4.69, 9.17) is 5.11 Å². The summed E-state index contributed by atoms with van der Waals surface area (Å²) in [6, 6.07) is 0.0658. The molecule has 120 valence electrons. The van der Waals surface area contributed by atoms with Crippen LogP contribution in [0.5, 0.6) is 0 Å². The van der Waals surface area contributed by atoms with Crippen molar-refractivity contribution in [2.75, 3.05) is 6.54 Å². The Morgan fingerprint density at radius 2 is 1.90 bits per heavy atom. The molecule has 3 atom stereocenters. The predicted octanol–water partition coefficient (Wildman–Crippen LogP) is 2.76. The molecule has 5 heteroatoms. The smallest absolute Gasteiger partial charge is 0.315 e. The standard InChI is InChI=1S/C16H28N2O3/c1-16(2)9-4-3-8-13(16)18-15(21)17-10-11-6-5-7-12(11)14(19)20/h11-13H,3-10H2,1-2H3,(H,19,20)(H2,17,18,21). The minimum Gasteiger partial charge on any atom is -0.481 e. The number of hydrogen-bond donors (Lipinski definition) is 3. The Labute approximate surface area is 126 Å². The Hall–Kier alpha value is -1.26. The summed E-state index contributed by atoms with van der Waals surface area (Å²) in [7, 11) is 0. The first kappa shape index (κ1) is 16.1. The fraction of sp³-hybridized carbons (Fsp3) is 0.875. The van der Waals surface area contributed by atoms with Crippen LogP contribution in [0.15, 0.2) is 0 Å². The molecule has 5 nitrogen and oxygen atoms in total. The first-order valence-electron chi connectivity index (χ1n) is 8.17. The first-order chi connectivity index (χ1) is 9.90. The van der Waals surface area contributed by atoms with E-state index in [9.17, 15) is 9.59 Å². The van der Waals surface area contributed by atoms with Crippen molar-refractivity contribution >= 4 is 12.0 Å². The van der Waals surface area contributed by atoms with Crippen LogP contribution in [0.1, 0.15) is 58.8 Å². The third-order valence-corrected chi connectivity index (χ3v) is 5.31. The van der Waals surface area contributed by atoms with Gasteiger partial charge in [-0.25, -0.2) is 4.79 Å². The van der Waals surface area contributed by atoms with E-state index in [1.54, 1.807) is 0 Å². The van der Waals surface area contributed by atoms with Gasteiger partial charge in [-0.15, -0.1) is 0 Å². The van der Waals surface area contributed by atoms with Gasteiger partial charge in [-0.05, 0) is 37.0 Å². The molecular weight excluding hydrogens is 268 g/mol. The number of urea groups is 1. The average molecular weight is 296 g/mol. The maximum Gasteiger partial charge on any atom is 0.315 e. The van der Waals surface area contributed by atoms with Crippen molar-refractivity contribution in [3.63, 3.8) is 0 Å². The highest BCUT2D eigenvalue weighted by Gasteiger charge is 2.35. The van der Waals surface area contributed by atoms with E-state index in [-0.39, 0.29) is 29.3 Å². The molecule has 0 spiro atoms. The van der Waals surface area contributed by atoms with Crippen LogP contribution in [0.3, 0.4) is 0 Å². The van der Waals surface area contributed by atoms with Gasteiger partial charge in [-0.3, -0.25) is 4.79 Å². The minimum atomic E-state index is -0.729. The number of carbonyl (C=O) groups excluding carboxylic acids is 1.